The largest absolute Gasteiger partial charge is 0.416 e. The molecule has 1 N–H and O–H groups in total. The summed E-state index contributed by atoms with van der Waals surface area (Å²) in [5.41, 5.74) is -0.681. The molecule has 134 valence electrons. The maximum absolute atomic E-state index is 13.2. The Labute approximate surface area is 138 Å². The van der Waals surface area contributed by atoms with E-state index >= 15 is 0 Å². The second-order valence-electron chi connectivity index (χ2n) is 5.71. The molecule has 1 atom stereocenters. The highest BCUT2D eigenvalue weighted by Crippen LogP contribution is 2.34. The molecule has 1 aliphatic rings. The number of halogens is 3. The van der Waals surface area contributed by atoms with Gasteiger partial charge in [0.05, 0.1) is 18.3 Å². The van der Waals surface area contributed by atoms with Crippen molar-refractivity contribution in [2.24, 2.45) is 0 Å². The Morgan fingerprint density at radius 3 is 2.88 bits per heavy atom. The molecule has 5 nitrogen and oxygen atoms in total. The number of benzene rings is 1. The molecule has 0 saturated carbocycles. The van der Waals surface area contributed by atoms with E-state index in [1.807, 2.05) is 6.92 Å². The van der Waals surface area contributed by atoms with Crippen LogP contribution in [0.25, 0.3) is 0 Å². The number of rotatable bonds is 3. The molecule has 8 heteroatoms. The molecule has 1 fully saturated rings. The normalized spacial score (nSPS) is 19.0. The summed E-state index contributed by atoms with van der Waals surface area (Å²) in [4.78, 5) is 13.8. The van der Waals surface area contributed by atoms with Crippen LogP contribution in [0, 0.1) is 0 Å². The van der Waals surface area contributed by atoms with Gasteiger partial charge in [-0.05, 0) is 31.0 Å². The smallest absolute Gasteiger partial charge is 0.380 e. The third-order valence-electron chi connectivity index (χ3n) is 3.71. The number of carbonyl (C=O) groups is 1. The fourth-order valence-electron chi connectivity index (χ4n) is 2.58. The van der Waals surface area contributed by atoms with E-state index in [-0.39, 0.29) is 24.0 Å². The molecule has 1 aromatic rings. The molecule has 1 saturated heterocycles. The lowest BCUT2D eigenvalue weighted by molar-refractivity contribution is -0.138. The topological polar surface area (TPSA) is 50.8 Å². The highest BCUT2D eigenvalue weighted by molar-refractivity contribution is 5.89. The summed E-state index contributed by atoms with van der Waals surface area (Å²) in [6.07, 6.45) is -3.93. The number of nitrogens with one attached hydrogen (secondary N) is 1. The van der Waals surface area contributed by atoms with E-state index < -0.39 is 17.8 Å². The first-order valence-corrected chi connectivity index (χ1v) is 7.68. The molecule has 24 heavy (non-hydrogen) atoms. The fraction of sp³-hybridized carbons (Fsp3) is 0.562. The Morgan fingerprint density at radius 2 is 2.21 bits per heavy atom. The van der Waals surface area contributed by atoms with E-state index in [4.69, 9.17) is 9.47 Å². The minimum absolute atomic E-state index is 0.0276. The summed E-state index contributed by atoms with van der Waals surface area (Å²) in [5, 5.41) is 2.53. The van der Waals surface area contributed by atoms with Crippen LogP contribution in [-0.2, 0) is 22.3 Å². The van der Waals surface area contributed by atoms with Gasteiger partial charge >= 0.3 is 12.2 Å². The van der Waals surface area contributed by atoms with Crippen molar-refractivity contribution in [1.29, 1.82) is 0 Å². The second-order valence-corrected chi connectivity index (χ2v) is 5.71. The Kier molecular flexibility index (Phi) is 6.06. The quantitative estimate of drug-likeness (QED) is 0.911. The van der Waals surface area contributed by atoms with E-state index in [1.165, 1.54) is 19.2 Å². The van der Waals surface area contributed by atoms with Gasteiger partial charge in [-0.1, -0.05) is 6.07 Å². The molecule has 0 radical (unpaired) electrons. The minimum atomic E-state index is -4.51. The van der Waals surface area contributed by atoms with Crippen LogP contribution in [0.1, 0.15) is 24.5 Å². The molecule has 1 aliphatic heterocycles. The highest BCUT2D eigenvalue weighted by atomic mass is 19.4. The number of hydrogen-bond acceptors (Lipinski definition) is 3. The first-order valence-electron chi connectivity index (χ1n) is 7.68. The monoisotopic (exact) mass is 346 g/mol. The summed E-state index contributed by atoms with van der Waals surface area (Å²) < 4.78 is 49.7. The lowest BCUT2D eigenvalue weighted by Gasteiger charge is -2.23. The SMILES string of the molecule is COCc1ccc(NC(=O)N2CCCOC(C)C2)cc1C(F)(F)F. The van der Waals surface area contributed by atoms with Crippen molar-refractivity contribution in [3.63, 3.8) is 0 Å². The zero-order chi connectivity index (χ0) is 17.7. The van der Waals surface area contributed by atoms with Gasteiger partial charge in [-0.25, -0.2) is 4.79 Å². The molecule has 1 aromatic carbocycles. The van der Waals surface area contributed by atoms with Crippen molar-refractivity contribution < 1.29 is 27.4 Å². The van der Waals surface area contributed by atoms with Gasteiger partial charge in [0.2, 0.25) is 0 Å². The summed E-state index contributed by atoms with van der Waals surface area (Å²) in [5.74, 6) is 0. The number of amides is 2. The molecule has 0 bridgehead atoms. The Balaban J connectivity index is 2.15. The Bertz CT molecular complexity index is 578. The van der Waals surface area contributed by atoms with E-state index in [2.05, 4.69) is 5.32 Å². The minimum Gasteiger partial charge on any atom is -0.380 e. The molecule has 2 amide bonds. The number of alkyl halides is 3. The first kappa shape index (κ1) is 18.5. The van der Waals surface area contributed by atoms with Crippen molar-refractivity contribution in [2.75, 3.05) is 32.1 Å². The highest BCUT2D eigenvalue weighted by Gasteiger charge is 2.33. The van der Waals surface area contributed by atoms with Crippen LogP contribution in [0.4, 0.5) is 23.7 Å². The molecule has 1 heterocycles. The lowest BCUT2D eigenvalue weighted by Crippen LogP contribution is -2.39. The van der Waals surface area contributed by atoms with Crippen LogP contribution < -0.4 is 5.32 Å². The Morgan fingerprint density at radius 1 is 1.46 bits per heavy atom. The van der Waals surface area contributed by atoms with Gasteiger partial charge in [0.25, 0.3) is 0 Å². The van der Waals surface area contributed by atoms with Crippen molar-refractivity contribution in [3.8, 4) is 0 Å². The van der Waals surface area contributed by atoms with Crippen LogP contribution in [0.2, 0.25) is 0 Å². The zero-order valence-corrected chi connectivity index (χ0v) is 13.7. The molecular weight excluding hydrogens is 325 g/mol. The Hall–Kier alpha value is -1.80. The summed E-state index contributed by atoms with van der Waals surface area (Å²) in [7, 11) is 1.33. The average Bonchev–Trinajstić information content (AvgIpc) is 2.72. The number of carbonyl (C=O) groups excluding carboxylic acids is 1. The van der Waals surface area contributed by atoms with Crippen LogP contribution >= 0.6 is 0 Å². The average molecular weight is 346 g/mol. The van der Waals surface area contributed by atoms with Crippen LogP contribution in [0.15, 0.2) is 18.2 Å². The van der Waals surface area contributed by atoms with Crippen LogP contribution in [0.5, 0.6) is 0 Å². The molecule has 1 unspecified atom stereocenters. The molecular formula is C16H21F3N2O3. The summed E-state index contributed by atoms with van der Waals surface area (Å²) in [6, 6.07) is 3.26. The molecule has 0 aromatic heterocycles. The van der Waals surface area contributed by atoms with Gasteiger partial charge in [0.15, 0.2) is 0 Å². The third kappa shape index (κ3) is 4.85. The fourth-order valence-corrected chi connectivity index (χ4v) is 2.58. The second kappa shape index (κ2) is 7.85. The number of urea groups is 1. The standard InChI is InChI=1S/C16H21F3N2O3/c1-11-9-21(6-3-7-24-11)15(22)20-13-5-4-12(10-23-2)14(8-13)16(17,18)19/h4-5,8,11H,3,6-7,9-10H2,1-2H3,(H,20,22). The van der Waals surface area contributed by atoms with Gasteiger partial charge in [-0.2, -0.15) is 13.2 Å². The first-order chi connectivity index (χ1) is 11.3. The van der Waals surface area contributed by atoms with Gasteiger partial charge in [-0.3, -0.25) is 0 Å². The van der Waals surface area contributed by atoms with Gasteiger partial charge in [0.1, 0.15) is 0 Å². The number of nitrogens with zero attached hydrogens (tertiary/aromatic N) is 1. The third-order valence-corrected chi connectivity index (χ3v) is 3.71. The van der Waals surface area contributed by atoms with E-state index in [0.717, 1.165) is 6.07 Å². The number of methoxy groups -OCH3 is 1. The molecule has 2 rings (SSSR count). The van der Waals surface area contributed by atoms with Gasteiger partial charge in [0, 0.05) is 32.5 Å². The maximum atomic E-state index is 13.2. The van der Waals surface area contributed by atoms with Gasteiger partial charge < -0.3 is 19.7 Å². The zero-order valence-electron chi connectivity index (χ0n) is 13.7. The van der Waals surface area contributed by atoms with Crippen molar-refractivity contribution in [2.45, 2.75) is 32.2 Å². The molecule has 0 spiro atoms. The predicted molar refractivity (Wildman–Crippen MR) is 82.8 cm³/mol. The predicted octanol–water partition coefficient (Wildman–Crippen LogP) is 3.49. The number of ether oxygens (including phenoxy) is 2. The number of hydrogen-bond donors (Lipinski definition) is 1. The van der Waals surface area contributed by atoms with Crippen molar-refractivity contribution >= 4 is 11.7 Å². The molecule has 0 aliphatic carbocycles. The van der Waals surface area contributed by atoms with E-state index in [9.17, 15) is 18.0 Å². The lowest BCUT2D eigenvalue weighted by atomic mass is 10.1. The number of anilines is 1. The summed E-state index contributed by atoms with van der Waals surface area (Å²) >= 11 is 0. The van der Waals surface area contributed by atoms with Crippen molar-refractivity contribution in [1.82, 2.24) is 4.90 Å². The summed E-state index contributed by atoms with van der Waals surface area (Å²) in [6.45, 7) is 3.18. The van der Waals surface area contributed by atoms with Crippen LogP contribution in [-0.4, -0.2) is 43.8 Å². The van der Waals surface area contributed by atoms with E-state index in [0.29, 0.717) is 26.1 Å². The maximum Gasteiger partial charge on any atom is 0.416 e. The van der Waals surface area contributed by atoms with Crippen molar-refractivity contribution in [3.05, 3.63) is 29.3 Å². The van der Waals surface area contributed by atoms with Gasteiger partial charge in [-0.15, -0.1) is 0 Å². The van der Waals surface area contributed by atoms with E-state index in [1.54, 1.807) is 4.90 Å². The van der Waals surface area contributed by atoms with Crippen LogP contribution in [0.3, 0.4) is 0 Å².